The van der Waals surface area contributed by atoms with Crippen molar-refractivity contribution in [2.45, 2.75) is 52.4 Å². The third kappa shape index (κ3) is 5.61. The SMILES string of the molecule is CC(C)(C)c1ccc(P(=O)(O)O)c(C(C)(C)C)c1.[Na+].[OH-]. The van der Waals surface area contributed by atoms with E-state index in [9.17, 15) is 14.4 Å². The van der Waals surface area contributed by atoms with E-state index in [1.807, 2.05) is 32.9 Å². The smallest absolute Gasteiger partial charge is 0.870 e. The first-order valence-electron chi connectivity index (χ1n) is 6.04. The van der Waals surface area contributed by atoms with Crippen molar-refractivity contribution in [2.24, 2.45) is 0 Å². The minimum Gasteiger partial charge on any atom is -0.870 e. The molecule has 0 amide bonds. The Balaban J connectivity index is 0. The molecule has 1 aromatic carbocycles. The maximum absolute atomic E-state index is 11.6. The summed E-state index contributed by atoms with van der Waals surface area (Å²) in [5, 5.41) is 0.142. The fourth-order valence-electron chi connectivity index (χ4n) is 1.86. The molecule has 4 nitrogen and oxygen atoms in total. The van der Waals surface area contributed by atoms with Gasteiger partial charge in [-0.15, -0.1) is 0 Å². The van der Waals surface area contributed by atoms with E-state index in [0.717, 1.165) is 11.1 Å². The summed E-state index contributed by atoms with van der Waals surface area (Å²) in [7, 11) is -4.22. The largest absolute Gasteiger partial charge is 1.00 e. The maximum atomic E-state index is 11.6. The fraction of sp³-hybridized carbons (Fsp3) is 0.571. The molecule has 0 radical (unpaired) electrons. The first-order valence-corrected chi connectivity index (χ1v) is 7.66. The van der Waals surface area contributed by atoms with E-state index < -0.39 is 7.60 Å². The van der Waals surface area contributed by atoms with Crippen LogP contribution in [0, 0.1) is 0 Å². The number of hydrogen-bond acceptors (Lipinski definition) is 2. The molecular weight excluding hydrogens is 286 g/mol. The Morgan fingerprint density at radius 2 is 1.40 bits per heavy atom. The quantitative estimate of drug-likeness (QED) is 0.561. The Bertz CT molecular complexity index is 495. The van der Waals surface area contributed by atoms with Crippen LogP contribution in [0.3, 0.4) is 0 Å². The fourth-order valence-corrected chi connectivity index (χ4v) is 2.84. The number of benzene rings is 1. The zero-order valence-corrected chi connectivity index (χ0v) is 16.3. The molecular formula is C14H24NaO4P. The van der Waals surface area contributed by atoms with Crippen molar-refractivity contribution in [3.05, 3.63) is 29.3 Å². The Labute approximate surface area is 143 Å². The summed E-state index contributed by atoms with van der Waals surface area (Å²) in [6, 6.07) is 5.31. The van der Waals surface area contributed by atoms with Gasteiger partial charge in [-0.25, -0.2) is 0 Å². The normalized spacial score (nSPS) is 12.4. The van der Waals surface area contributed by atoms with Gasteiger partial charge in [0.1, 0.15) is 0 Å². The minimum atomic E-state index is -4.22. The van der Waals surface area contributed by atoms with Gasteiger partial charge in [0.25, 0.3) is 0 Å². The van der Waals surface area contributed by atoms with Crippen LogP contribution in [0.4, 0.5) is 0 Å². The van der Waals surface area contributed by atoms with Crippen molar-refractivity contribution in [1.29, 1.82) is 0 Å². The summed E-state index contributed by atoms with van der Waals surface area (Å²) in [4.78, 5) is 18.9. The molecule has 0 aromatic heterocycles. The van der Waals surface area contributed by atoms with E-state index >= 15 is 0 Å². The van der Waals surface area contributed by atoms with Crippen LogP contribution < -0.4 is 34.9 Å². The number of rotatable bonds is 1. The van der Waals surface area contributed by atoms with Gasteiger partial charge in [0, 0.05) is 0 Å². The minimum absolute atomic E-state index is 0. The first kappa shape index (κ1) is 22.6. The van der Waals surface area contributed by atoms with Crippen LogP contribution >= 0.6 is 7.60 Å². The summed E-state index contributed by atoms with van der Waals surface area (Å²) >= 11 is 0. The van der Waals surface area contributed by atoms with Crippen LogP contribution in [-0.4, -0.2) is 15.3 Å². The molecule has 0 aliphatic heterocycles. The van der Waals surface area contributed by atoms with Crippen LogP contribution in [0.15, 0.2) is 18.2 Å². The predicted octanol–water partition coefficient (Wildman–Crippen LogP) is -0.0882. The molecule has 1 aromatic rings. The van der Waals surface area contributed by atoms with Crippen LogP contribution in [0.2, 0.25) is 0 Å². The second-order valence-electron chi connectivity index (χ2n) is 6.78. The third-order valence-electron chi connectivity index (χ3n) is 2.98. The second kappa shape index (κ2) is 7.06. The monoisotopic (exact) mass is 310 g/mol. The van der Waals surface area contributed by atoms with Crippen LogP contribution in [0.1, 0.15) is 52.7 Å². The van der Waals surface area contributed by atoms with Crippen LogP contribution in [0.5, 0.6) is 0 Å². The molecule has 0 saturated heterocycles. The van der Waals surface area contributed by atoms with Gasteiger partial charge < -0.3 is 15.3 Å². The van der Waals surface area contributed by atoms with Gasteiger partial charge in [0.05, 0.1) is 5.30 Å². The van der Waals surface area contributed by atoms with Crippen molar-refractivity contribution in [3.8, 4) is 0 Å². The van der Waals surface area contributed by atoms with Crippen LogP contribution in [0.25, 0.3) is 0 Å². The Morgan fingerprint density at radius 1 is 0.950 bits per heavy atom. The Morgan fingerprint density at radius 3 is 1.70 bits per heavy atom. The summed E-state index contributed by atoms with van der Waals surface area (Å²) in [5.41, 5.74) is 1.48. The summed E-state index contributed by atoms with van der Waals surface area (Å²) in [6.45, 7) is 12.2. The van der Waals surface area contributed by atoms with E-state index in [2.05, 4.69) is 20.8 Å². The number of hydrogen-bond donors (Lipinski definition) is 2. The second-order valence-corrected chi connectivity index (χ2v) is 8.35. The molecule has 0 heterocycles. The standard InChI is InChI=1S/C14H23O3P.Na.H2O/c1-13(2,3)10-7-8-12(18(15,16)17)11(9-10)14(4,5)6;;/h7-9H,1-6H3,(H2,15,16,17);;1H2/q;+1;/p-1. The van der Waals surface area contributed by atoms with Gasteiger partial charge in [0.15, 0.2) is 0 Å². The molecule has 6 heteroatoms. The average Bonchev–Trinajstić information content (AvgIpc) is 2.12. The topological polar surface area (TPSA) is 87.5 Å². The molecule has 1 rings (SSSR count). The molecule has 0 aliphatic rings. The van der Waals surface area contributed by atoms with Crippen LogP contribution in [-0.2, 0) is 15.4 Å². The van der Waals surface area contributed by atoms with Gasteiger partial charge in [-0.1, -0.05) is 53.7 Å². The van der Waals surface area contributed by atoms with Gasteiger partial charge in [0.2, 0.25) is 0 Å². The van der Waals surface area contributed by atoms with E-state index in [-0.39, 0.29) is 51.2 Å². The summed E-state index contributed by atoms with van der Waals surface area (Å²) in [5.74, 6) is 0. The molecule has 0 unspecified atom stereocenters. The first-order chi connectivity index (χ1) is 7.83. The van der Waals surface area contributed by atoms with Gasteiger partial charge in [-0.2, -0.15) is 0 Å². The molecule has 0 atom stereocenters. The molecule has 0 aliphatic carbocycles. The Hall–Kier alpha value is 0.330. The zero-order chi connectivity index (χ0) is 14.4. The van der Waals surface area contributed by atoms with Gasteiger partial charge >= 0.3 is 37.2 Å². The zero-order valence-electron chi connectivity index (χ0n) is 13.4. The Kier molecular flexibility index (Phi) is 7.98. The van der Waals surface area contributed by atoms with Gasteiger partial charge in [-0.3, -0.25) is 4.57 Å². The molecule has 0 spiro atoms. The molecule has 20 heavy (non-hydrogen) atoms. The summed E-state index contributed by atoms with van der Waals surface area (Å²) in [6.07, 6.45) is 0. The van der Waals surface area contributed by atoms with Crippen molar-refractivity contribution in [3.63, 3.8) is 0 Å². The molecule has 110 valence electrons. The van der Waals surface area contributed by atoms with Crippen molar-refractivity contribution >= 4 is 12.9 Å². The third-order valence-corrected chi connectivity index (χ3v) is 4.00. The van der Waals surface area contributed by atoms with Crippen molar-refractivity contribution in [2.75, 3.05) is 0 Å². The molecule has 0 fully saturated rings. The molecule has 0 saturated carbocycles. The summed E-state index contributed by atoms with van der Waals surface area (Å²) < 4.78 is 11.6. The van der Waals surface area contributed by atoms with Gasteiger partial charge in [-0.05, 0) is 28.0 Å². The molecule has 0 bridgehead atoms. The van der Waals surface area contributed by atoms with E-state index in [0.29, 0.717) is 0 Å². The van der Waals surface area contributed by atoms with E-state index in [4.69, 9.17) is 0 Å². The van der Waals surface area contributed by atoms with Crippen molar-refractivity contribution in [1.82, 2.24) is 0 Å². The maximum Gasteiger partial charge on any atom is 1.00 e. The van der Waals surface area contributed by atoms with Crippen molar-refractivity contribution < 1.29 is 49.4 Å². The van der Waals surface area contributed by atoms with E-state index in [1.54, 1.807) is 6.07 Å². The molecule has 3 N–H and O–H groups in total. The van der Waals surface area contributed by atoms with E-state index in [1.165, 1.54) is 0 Å². The average molecular weight is 310 g/mol. The predicted molar refractivity (Wildman–Crippen MR) is 77.5 cm³/mol.